The molecule has 0 aliphatic rings. The molecule has 0 aliphatic heterocycles. The van der Waals surface area contributed by atoms with Crippen LogP contribution in [-0.2, 0) is 4.79 Å². The van der Waals surface area contributed by atoms with Crippen LogP contribution in [0.4, 0.5) is 0 Å². The monoisotopic (exact) mass is 541 g/mol. The molecular weight excluding hydrogens is 521 g/mol. The summed E-state index contributed by atoms with van der Waals surface area (Å²) in [6.45, 7) is 0. The molecule has 0 radical (unpaired) electrons. The van der Waals surface area contributed by atoms with Crippen LogP contribution in [0.1, 0.15) is 5.56 Å². The van der Waals surface area contributed by atoms with Crippen LogP contribution in [0.15, 0.2) is 77.0 Å². The minimum atomic E-state index is -0.309. The largest absolute Gasteiger partial charge is 0.493 e. The molecule has 3 aromatic carbocycles. The lowest BCUT2D eigenvalue weighted by molar-refractivity contribution is -0.118. The second-order valence-corrected chi connectivity index (χ2v) is 9.08. The number of carbonyl (C=O) groups excluding carboxylic acids is 1. The van der Waals surface area contributed by atoms with Crippen LogP contribution in [0.25, 0.3) is 17.1 Å². The highest BCUT2D eigenvalue weighted by Crippen LogP contribution is 2.34. The number of benzene rings is 3. The molecule has 0 spiro atoms. The van der Waals surface area contributed by atoms with E-state index in [1.54, 1.807) is 32.4 Å². The van der Waals surface area contributed by atoms with Gasteiger partial charge in [0.05, 0.1) is 31.2 Å². The zero-order valence-electron chi connectivity index (χ0n) is 19.3. The van der Waals surface area contributed by atoms with Gasteiger partial charge in [0, 0.05) is 21.8 Å². The van der Waals surface area contributed by atoms with Gasteiger partial charge in [0.15, 0.2) is 22.5 Å². The van der Waals surface area contributed by atoms with Gasteiger partial charge in [-0.25, -0.2) is 5.43 Å². The normalized spacial score (nSPS) is 11.0. The van der Waals surface area contributed by atoms with Crippen LogP contribution in [-0.4, -0.2) is 46.9 Å². The molecule has 0 saturated heterocycles. The Hall–Kier alpha value is -3.53. The zero-order valence-corrected chi connectivity index (χ0v) is 21.6. The third kappa shape index (κ3) is 5.99. The first kappa shape index (κ1) is 25.6. The summed E-state index contributed by atoms with van der Waals surface area (Å²) in [6, 6.07) is 20.2. The summed E-state index contributed by atoms with van der Waals surface area (Å²) in [5, 5.41) is 14.2. The lowest BCUT2D eigenvalue weighted by atomic mass is 10.2. The Labute approximate surface area is 222 Å². The van der Waals surface area contributed by atoms with Crippen molar-refractivity contribution in [2.75, 3.05) is 20.0 Å². The molecule has 11 heteroatoms. The first-order valence-electron chi connectivity index (χ1n) is 10.6. The summed E-state index contributed by atoms with van der Waals surface area (Å²) in [7, 11) is 3.16. The molecule has 1 N–H and O–H groups in total. The van der Waals surface area contributed by atoms with Crippen molar-refractivity contribution in [2.24, 2.45) is 5.10 Å². The van der Waals surface area contributed by atoms with E-state index in [1.807, 2.05) is 53.1 Å². The fraction of sp³-hybridized carbons (Fsp3) is 0.120. The second kappa shape index (κ2) is 11.9. The van der Waals surface area contributed by atoms with Gasteiger partial charge in [-0.05, 0) is 42.5 Å². The van der Waals surface area contributed by atoms with Crippen molar-refractivity contribution >= 4 is 47.1 Å². The van der Waals surface area contributed by atoms with E-state index in [1.165, 1.54) is 18.0 Å². The van der Waals surface area contributed by atoms with Gasteiger partial charge in [0.2, 0.25) is 0 Å². The van der Waals surface area contributed by atoms with E-state index < -0.39 is 0 Å². The summed E-state index contributed by atoms with van der Waals surface area (Å²) < 4.78 is 12.7. The van der Waals surface area contributed by atoms with Crippen molar-refractivity contribution in [3.8, 4) is 28.6 Å². The Kier molecular flexibility index (Phi) is 8.48. The lowest BCUT2D eigenvalue weighted by Crippen LogP contribution is -2.20. The Morgan fingerprint density at radius 3 is 2.53 bits per heavy atom. The third-order valence-electron chi connectivity index (χ3n) is 4.98. The number of para-hydroxylation sites is 1. The van der Waals surface area contributed by atoms with Crippen molar-refractivity contribution in [2.45, 2.75) is 5.16 Å². The zero-order chi connectivity index (χ0) is 25.5. The molecule has 4 rings (SSSR count). The highest BCUT2D eigenvalue weighted by Gasteiger charge is 2.18. The number of nitrogens with zero attached hydrogens (tertiary/aromatic N) is 4. The van der Waals surface area contributed by atoms with Crippen molar-refractivity contribution in [1.29, 1.82) is 0 Å². The minimum Gasteiger partial charge on any atom is -0.493 e. The predicted octanol–water partition coefficient (Wildman–Crippen LogP) is 5.50. The SMILES string of the molecule is COc1ccc(-c2nnc(SCC(=O)N/N=C/c3ccc(Cl)cc3Cl)n2-c2ccccc2)cc1OC. The second-order valence-electron chi connectivity index (χ2n) is 7.29. The number of hydrogen-bond donors (Lipinski definition) is 1. The van der Waals surface area contributed by atoms with Gasteiger partial charge in [-0.15, -0.1) is 10.2 Å². The fourth-order valence-corrected chi connectivity index (χ4v) is 4.48. The number of hydrogen-bond acceptors (Lipinski definition) is 7. The molecule has 0 atom stereocenters. The summed E-state index contributed by atoms with van der Waals surface area (Å²) in [5.74, 6) is 1.54. The van der Waals surface area contributed by atoms with E-state index in [0.29, 0.717) is 38.1 Å². The number of thioether (sulfide) groups is 1. The standard InChI is InChI=1S/C25H21Cl2N5O3S/c1-34-21-11-9-16(12-22(21)35-2)24-30-31-25(32(24)19-6-4-3-5-7-19)36-15-23(33)29-28-14-17-8-10-18(26)13-20(17)27/h3-14H,15H2,1-2H3,(H,29,33)/b28-14+. The number of ether oxygens (including phenoxy) is 2. The molecule has 1 amide bonds. The van der Waals surface area contributed by atoms with Gasteiger partial charge >= 0.3 is 0 Å². The van der Waals surface area contributed by atoms with E-state index in [4.69, 9.17) is 32.7 Å². The van der Waals surface area contributed by atoms with Gasteiger partial charge in [-0.2, -0.15) is 5.10 Å². The molecule has 184 valence electrons. The molecule has 0 saturated carbocycles. The van der Waals surface area contributed by atoms with E-state index >= 15 is 0 Å². The summed E-state index contributed by atoms with van der Waals surface area (Å²) >= 11 is 13.3. The molecule has 0 fully saturated rings. The molecule has 8 nitrogen and oxygen atoms in total. The number of halogens is 2. The Bertz CT molecular complexity index is 1400. The van der Waals surface area contributed by atoms with E-state index in [-0.39, 0.29) is 11.7 Å². The Morgan fingerprint density at radius 1 is 1.03 bits per heavy atom. The van der Waals surface area contributed by atoms with Gasteiger partial charge in [-0.1, -0.05) is 59.2 Å². The predicted molar refractivity (Wildman–Crippen MR) is 143 cm³/mol. The van der Waals surface area contributed by atoms with E-state index in [0.717, 1.165) is 11.3 Å². The summed E-state index contributed by atoms with van der Waals surface area (Å²) in [5.41, 5.74) is 4.77. The molecule has 0 bridgehead atoms. The van der Waals surface area contributed by atoms with Crippen molar-refractivity contribution < 1.29 is 14.3 Å². The number of nitrogens with one attached hydrogen (secondary N) is 1. The summed E-state index contributed by atoms with van der Waals surface area (Å²) in [6.07, 6.45) is 1.46. The van der Waals surface area contributed by atoms with Gasteiger partial charge < -0.3 is 9.47 Å². The maximum atomic E-state index is 12.4. The van der Waals surface area contributed by atoms with Gasteiger partial charge in [-0.3, -0.25) is 9.36 Å². The number of amides is 1. The lowest BCUT2D eigenvalue weighted by Gasteiger charge is -2.12. The van der Waals surface area contributed by atoms with Gasteiger partial charge in [0.1, 0.15) is 0 Å². The van der Waals surface area contributed by atoms with E-state index in [2.05, 4.69) is 20.7 Å². The first-order valence-corrected chi connectivity index (χ1v) is 12.4. The molecule has 0 aliphatic carbocycles. The number of carbonyl (C=O) groups is 1. The number of aromatic nitrogens is 3. The number of hydrazone groups is 1. The third-order valence-corrected chi connectivity index (χ3v) is 6.47. The van der Waals surface area contributed by atoms with Crippen LogP contribution in [0, 0.1) is 0 Å². The van der Waals surface area contributed by atoms with Crippen LogP contribution in [0.5, 0.6) is 11.5 Å². The number of rotatable bonds is 9. The highest BCUT2D eigenvalue weighted by atomic mass is 35.5. The van der Waals surface area contributed by atoms with Crippen LogP contribution in [0.2, 0.25) is 10.0 Å². The first-order chi connectivity index (χ1) is 17.5. The smallest absolute Gasteiger partial charge is 0.250 e. The van der Waals surface area contributed by atoms with Crippen molar-refractivity contribution in [3.05, 3.63) is 82.3 Å². The maximum Gasteiger partial charge on any atom is 0.250 e. The molecule has 0 unspecified atom stereocenters. The molecule has 36 heavy (non-hydrogen) atoms. The molecule has 1 aromatic heterocycles. The van der Waals surface area contributed by atoms with Crippen LogP contribution < -0.4 is 14.9 Å². The van der Waals surface area contributed by atoms with Crippen molar-refractivity contribution in [3.63, 3.8) is 0 Å². The van der Waals surface area contributed by atoms with E-state index in [9.17, 15) is 4.79 Å². The highest BCUT2D eigenvalue weighted by molar-refractivity contribution is 7.99. The number of methoxy groups -OCH3 is 2. The quantitative estimate of drug-likeness (QED) is 0.171. The molecular formula is C25H21Cl2N5O3S. The topological polar surface area (TPSA) is 90.6 Å². The molecule has 4 aromatic rings. The fourth-order valence-electron chi connectivity index (χ4n) is 3.28. The van der Waals surface area contributed by atoms with Crippen LogP contribution >= 0.6 is 35.0 Å². The average molecular weight is 542 g/mol. The summed E-state index contributed by atoms with van der Waals surface area (Å²) in [4.78, 5) is 12.4. The Balaban J connectivity index is 1.54. The maximum absolute atomic E-state index is 12.4. The minimum absolute atomic E-state index is 0.0720. The van der Waals surface area contributed by atoms with Crippen LogP contribution in [0.3, 0.4) is 0 Å². The Morgan fingerprint density at radius 2 is 1.81 bits per heavy atom. The van der Waals surface area contributed by atoms with Gasteiger partial charge in [0.25, 0.3) is 5.91 Å². The average Bonchev–Trinajstić information content (AvgIpc) is 3.32. The van der Waals surface area contributed by atoms with Crippen molar-refractivity contribution in [1.82, 2.24) is 20.2 Å². The molecule has 1 heterocycles.